The zero-order valence-electron chi connectivity index (χ0n) is 16.1. The number of nitrogens with zero attached hydrogens (tertiary/aromatic N) is 5. The van der Waals surface area contributed by atoms with Crippen LogP contribution in [0.5, 0.6) is 5.75 Å². The van der Waals surface area contributed by atoms with Gasteiger partial charge in [-0.2, -0.15) is 0 Å². The summed E-state index contributed by atoms with van der Waals surface area (Å²) >= 11 is 3.30. The Morgan fingerprint density at radius 2 is 1.90 bits per heavy atom. The van der Waals surface area contributed by atoms with Gasteiger partial charge in [0, 0.05) is 12.1 Å². The van der Waals surface area contributed by atoms with E-state index in [4.69, 9.17) is 19.8 Å². The van der Waals surface area contributed by atoms with Gasteiger partial charge in [0.2, 0.25) is 4.96 Å². The van der Waals surface area contributed by atoms with E-state index >= 15 is 0 Å². The van der Waals surface area contributed by atoms with Crippen LogP contribution in [0.4, 0.5) is 0 Å². The Kier molecular flexibility index (Phi) is 4.73. The van der Waals surface area contributed by atoms with Crippen LogP contribution < -0.4 is 4.74 Å². The number of ether oxygens (including phenoxy) is 1. The lowest BCUT2D eigenvalue weighted by Crippen LogP contribution is -2.00. The summed E-state index contributed by atoms with van der Waals surface area (Å²) in [7, 11) is 1.67. The normalized spacial score (nSPS) is 11.5. The molecule has 8 heteroatoms. The predicted molar refractivity (Wildman–Crippen MR) is 118 cm³/mol. The SMILES string of the molecule is CCn1c(CSc2nn3cc(-c4ccc(OC)cc4)nc3s2)nc2ccccc21. The van der Waals surface area contributed by atoms with E-state index in [-0.39, 0.29) is 0 Å². The van der Waals surface area contributed by atoms with E-state index in [1.807, 2.05) is 41.0 Å². The molecular formula is C21H19N5OS2. The molecular weight excluding hydrogens is 402 g/mol. The summed E-state index contributed by atoms with van der Waals surface area (Å²) in [6, 6.07) is 16.2. The molecule has 29 heavy (non-hydrogen) atoms. The highest BCUT2D eigenvalue weighted by Gasteiger charge is 2.13. The van der Waals surface area contributed by atoms with Crippen LogP contribution in [0.1, 0.15) is 12.7 Å². The number of hydrogen-bond donors (Lipinski definition) is 0. The zero-order valence-corrected chi connectivity index (χ0v) is 17.7. The molecule has 2 aromatic carbocycles. The minimum absolute atomic E-state index is 0.782. The van der Waals surface area contributed by atoms with Crippen molar-refractivity contribution in [2.45, 2.75) is 23.6 Å². The van der Waals surface area contributed by atoms with Crippen LogP contribution in [-0.4, -0.2) is 31.3 Å². The van der Waals surface area contributed by atoms with Gasteiger partial charge in [-0.15, -0.1) is 5.10 Å². The van der Waals surface area contributed by atoms with Gasteiger partial charge in [0.25, 0.3) is 0 Å². The highest BCUT2D eigenvalue weighted by molar-refractivity contribution is 8.00. The average molecular weight is 422 g/mol. The molecule has 0 atom stereocenters. The van der Waals surface area contributed by atoms with Gasteiger partial charge in [0.1, 0.15) is 11.6 Å². The number of benzene rings is 2. The molecule has 0 N–H and O–H groups in total. The van der Waals surface area contributed by atoms with Crippen LogP contribution >= 0.6 is 23.1 Å². The predicted octanol–water partition coefficient (Wildman–Crippen LogP) is 5.13. The summed E-state index contributed by atoms with van der Waals surface area (Å²) in [5, 5.41) is 4.69. The quantitative estimate of drug-likeness (QED) is 0.356. The van der Waals surface area contributed by atoms with Gasteiger partial charge in [-0.3, -0.25) is 0 Å². The number of thioether (sulfide) groups is 1. The molecule has 3 aromatic heterocycles. The van der Waals surface area contributed by atoms with Crippen molar-refractivity contribution in [3.05, 3.63) is 60.6 Å². The van der Waals surface area contributed by atoms with Gasteiger partial charge in [-0.05, 0) is 43.3 Å². The van der Waals surface area contributed by atoms with Gasteiger partial charge in [0.15, 0.2) is 4.34 Å². The lowest BCUT2D eigenvalue weighted by molar-refractivity contribution is 0.415. The summed E-state index contributed by atoms with van der Waals surface area (Å²) in [5.41, 5.74) is 4.19. The molecule has 0 aliphatic rings. The van der Waals surface area contributed by atoms with E-state index < -0.39 is 0 Å². The topological polar surface area (TPSA) is 57.2 Å². The standard InChI is InChI=1S/C21H19N5OS2/c1-3-25-18-7-5-4-6-16(18)22-19(25)13-28-21-24-26-12-17(23-20(26)29-21)14-8-10-15(27-2)11-9-14/h4-12H,3,13H2,1-2H3. The van der Waals surface area contributed by atoms with Gasteiger partial charge in [-0.1, -0.05) is 35.2 Å². The molecule has 0 radical (unpaired) electrons. The third kappa shape index (κ3) is 3.38. The number of aromatic nitrogens is 5. The fourth-order valence-corrected chi connectivity index (χ4v) is 5.23. The maximum absolute atomic E-state index is 5.22. The average Bonchev–Trinajstić information content (AvgIpc) is 3.42. The second kappa shape index (κ2) is 7.53. The zero-order chi connectivity index (χ0) is 19.8. The second-order valence-electron chi connectivity index (χ2n) is 6.50. The highest BCUT2D eigenvalue weighted by Crippen LogP contribution is 2.30. The molecule has 5 rings (SSSR count). The monoisotopic (exact) mass is 421 g/mol. The van der Waals surface area contributed by atoms with Crippen molar-refractivity contribution in [2.75, 3.05) is 7.11 Å². The number of fused-ring (bicyclic) bond motifs is 2. The summed E-state index contributed by atoms with van der Waals surface area (Å²) in [6.07, 6.45) is 1.97. The molecule has 0 saturated heterocycles. The molecule has 0 bridgehead atoms. The van der Waals surface area contributed by atoms with E-state index in [1.54, 1.807) is 30.2 Å². The Bertz CT molecular complexity index is 1250. The van der Waals surface area contributed by atoms with Gasteiger partial charge in [-0.25, -0.2) is 14.5 Å². The van der Waals surface area contributed by atoms with Crippen LogP contribution in [0, 0.1) is 0 Å². The molecule has 146 valence electrons. The van der Waals surface area contributed by atoms with E-state index in [9.17, 15) is 0 Å². The number of rotatable bonds is 6. The molecule has 0 unspecified atom stereocenters. The fourth-order valence-electron chi connectivity index (χ4n) is 3.36. The lowest BCUT2D eigenvalue weighted by Gasteiger charge is -2.04. The molecule has 6 nitrogen and oxygen atoms in total. The Balaban J connectivity index is 1.36. The number of para-hydroxylation sites is 2. The van der Waals surface area contributed by atoms with Crippen molar-refractivity contribution in [1.29, 1.82) is 0 Å². The maximum atomic E-state index is 5.22. The smallest absolute Gasteiger partial charge is 0.213 e. The van der Waals surface area contributed by atoms with Crippen LogP contribution in [-0.2, 0) is 12.3 Å². The molecule has 0 aliphatic heterocycles. The largest absolute Gasteiger partial charge is 0.497 e. The van der Waals surface area contributed by atoms with Crippen molar-refractivity contribution >= 4 is 39.1 Å². The Morgan fingerprint density at radius 3 is 2.66 bits per heavy atom. The molecule has 5 aromatic rings. The molecule has 0 fully saturated rings. The molecule has 0 spiro atoms. The third-order valence-electron chi connectivity index (χ3n) is 4.78. The van der Waals surface area contributed by atoms with Crippen LogP contribution in [0.3, 0.4) is 0 Å². The fraction of sp³-hybridized carbons (Fsp3) is 0.190. The first-order chi connectivity index (χ1) is 14.2. The third-order valence-corrected chi connectivity index (χ3v) is 6.84. The summed E-state index contributed by atoms with van der Waals surface area (Å²) in [4.78, 5) is 10.4. The lowest BCUT2D eigenvalue weighted by atomic mass is 10.2. The highest BCUT2D eigenvalue weighted by atomic mass is 32.2. The van der Waals surface area contributed by atoms with Crippen LogP contribution in [0.25, 0.3) is 27.3 Å². The summed E-state index contributed by atoms with van der Waals surface area (Å²) in [5.74, 6) is 2.69. The van der Waals surface area contributed by atoms with E-state index in [0.29, 0.717) is 0 Å². The van der Waals surface area contributed by atoms with E-state index in [2.05, 4.69) is 29.7 Å². The van der Waals surface area contributed by atoms with Crippen molar-refractivity contribution in [3.63, 3.8) is 0 Å². The second-order valence-corrected chi connectivity index (χ2v) is 8.68. The molecule has 0 aliphatic carbocycles. The minimum Gasteiger partial charge on any atom is -0.497 e. The number of hydrogen-bond acceptors (Lipinski definition) is 6. The van der Waals surface area contributed by atoms with Gasteiger partial charge in [0.05, 0.1) is 35.8 Å². The number of imidazole rings is 2. The van der Waals surface area contributed by atoms with Crippen molar-refractivity contribution < 1.29 is 4.74 Å². The first kappa shape index (κ1) is 18.2. The van der Waals surface area contributed by atoms with E-state index in [1.165, 1.54) is 5.52 Å². The Hall–Kier alpha value is -2.84. The van der Waals surface area contributed by atoms with Crippen LogP contribution in [0.2, 0.25) is 0 Å². The van der Waals surface area contributed by atoms with Gasteiger partial charge < -0.3 is 9.30 Å². The molecule has 0 amide bonds. The number of methoxy groups -OCH3 is 1. The molecule has 0 saturated carbocycles. The summed E-state index contributed by atoms with van der Waals surface area (Å²) in [6.45, 7) is 3.06. The first-order valence-electron chi connectivity index (χ1n) is 9.32. The van der Waals surface area contributed by atoms with Crippen LogP contribution in [0.15, 0.2) is 59.1 Å². The Morgan fingerprint density at radius 1 is 1.07 bits per heavy atom. The van der Waals surface area contributed by atoms with E-state index in [0.717, 1.165) is 49.9 Å². The number of aryl methyl sites for hydroxylation is 1. The van der Waals surface area contributed by atoms with Crippen molar-refractivity contribution in [3.8, 4) is 17.0 Å². The minimum atomic E-state index is 0.782. The van der Waals surface area contributed by atoms with Crippen molar-refractivity contribution in [2.24, 2.45) is 0 Å². The Labute approximate surface area is 176 Å². The van der Waals surface area contributed by atoms with Crippen molar-refractivity contribution in [1.82, 2.24) is 24.1 Å². The first-order valence-corrected chi connectivity index (χ1v) is 11.1. The summed E-state index contributed by atoms with van der Waals surface area (Å²) < 4.78 is 10.3. The molecule has 3 heterocycles. The van der Waals surface area contributed by atoms with Gasteiger partial charge >= 0.3 is 0 Å². The maximum Gasteiger partial charge on any atom is 0.213 e.